The maximum atomic E-state index is 2.49. The van der Waals surface area contributed by atoms with Gasteiger partial charge in [0.05, 0.1) is 0 Å². The first kappa shape index (κ1) is 41.4. The summed E-state index contributed by atoms with van der Waals surface area (Å²) in [6, 6.07) is 72.1. The molecule has 0 aromatic heterocycles. The van der Waals surface area contributed by atoms with E-state index in [2.05, 4.69) is 250 Å². The number of fused-ring (bicyclic) bond motifs is 9. The molecule has 0 saturated heterocycles. The van der Waals surface area contributed by atoms with Gasteiger partial charge in [-0.05, 0) is 188 Å². The zero-order chi connectivity index (χ0) is 46.2. The lowest BCUT2D eigenvalue weighted by molar-refractivity contribution is 0.584. The molecule has 0 bridgehead atoms. The summed E-state index contributed by atoms with van der Waals surface area (Å²) in [4.78, 5) is 0. The third-order valence-corrected chi connectivity index (χ3v) is 16.0. The lowest BCUT2D eigenvalue weighted by Crippen LogP contribution is -2.17. The van der Waals surface area contributed by atoms with Gasteiger partial charge in [0, 0.05) is 16.2 Å². The average Bonchev–Trinajstić information content (AvgIpc) is 3.82. The van der Waals surface area contributed by atoms with E-state index in [-0.39, 0.29) is 21.7 Å². The van der Waals surface area contributed by atoms with Gasteiger partial charge in [0.15, 0.2) is 0 Å². The lowest BCUT2D eigenvalue weighted by atomic mass is 9.78. The van der Waals surface area contributed by atoms with Crippen LogP contribution >= 0.6 is 0 Å². The summed E-state index contributed by atoms with van der Waals surface area (Å²) in [5.74, 6) is 0. The van der Waals surface area contributed by atoms with Crippen LogP contribution in [0, 0.1) is 0 Å². The maximum absolute atomic E-state index is 2.49. The minimum atomic E-state index is -0.131. The van der Waals surface area contributed by atoms with Crippen molar-refractivity contribution in [3.63, 3.8) is 0 Å². The lowest BCUT2D eigenvalue weighted by Gasteiger charge is -2.25. The Kier molecular flexibility index (Phi) is 8.96. The second kappa shape index (κ2) is 14.5. The van der Waals surface area contributed by atoms with Gasteiger partial charge in [-0.1, -0.05) is 196 Å². The van der Waals surface area contributed by atoms with Gasteiger partial charge in [-0.25, -0.2) is 0 Å². The highest BCUT2D eigenvalue weighted by atomic mass is 14.4. The molecule has 12 rings (SSSR count). The molecule has 9 aromatic rings. The van der Waals surface area contributed by atoms with Crippen LogP contribution in [0.2, 0.25) is 0 Å². The Morgan fingerprint density at radius 1 is 0.239 bits per heavy atom. The molecule has 0 spiro atoms. The van der Waals surface area contributed by atoms with Crippen molar-refractivity contribution in [1.29, 1.82) is 0 Å². The molecule has 0 atom stereocenters. The van der Waals surface area contributed by atoms with E-state index in [9.17, 15) is 0 Å². The Morgan fingerprint density at radius 2 is 0.537 bits per heavy atom. The fraction of sp³-hybridized carbons (Fsp3) is 0.194. The van der Waals surface area contributed by atoms with Crippen LogP contribution in [0.4, 0.5) is 0 Å². The van der Waals surface area contributed by atoms with Crippen LogP contribution < -0.4 is 0 Å². The minimum Gasteiger partial charge on any atom is -0.0622 e. The van der Waals surface area contributed by atoms with Gasteiger partial charge in [-0.3, -0.25) is 0 Å². The van der Waals surface area contributed by atoms with Gasteiger partial charge in [0.1, 0.15) is 0 Å². The molecule has 0 fully saturated rings. The van der Waals surface area contributed by atoms with Crippen molar-refractivity contribution in [2.45, 2.75) is 84.0 Å². The Balaban J connectivity index is 1.05. The Bertz CT molecular complexity index is 3510. The van der Waals surface area contributed by atoms with E-state index in [4.69, 9.17) is 0 Å². The molecule has 0 amide bonds. The summed E-state index contributed by atoms with van der Waals surface area (Å²) < 4.78 is 0. The topological polar surface area (TPSA) is 0 Å². The first-order valence-electron chi connectivity index (χ1n) is 24.2. The fourth-order valence-electron chi connectivity index (χ4n) is 12.0. The number of benzene rings is 9. The van der Waals surface area contributed by atoms with E-state index in [0.717, 1.165) is 0 Å². The van der Waals surface area contributed by atoms with Crippen molar-refractivity contribution >= 4 is 0 Å². The SMILES string of the molecule is CC(C)(C)c1ccc2c(c1)C(C)(C)c1cc(-c3cc(-c4cc(-c5ccccc5)cc(-c5ccc6c(c5)C(C)(C)c5ccccc5-6)c4)cc(-c4ccc5c(c4)C(C)(C)c4ccccc4-5)c3)ccc1-2. The molecule has 326 valence electrons. The van der Waals surface area contributed by atoms with Crippen LogP contribution in [0.5, 0.6) is 0 Å². The monoisotopic (exact) mass is 862 g/mol. The number of rotatable bonds is 5. The van der Waals surface area contributed by atoms with Crippen LogP contribution in [0.15, 0.2) is 188 Å². The van der Waals surface area contributed by atoms with E-state index in [1.54, 1.807) is 0 Å². The highest BCUT2D eigenvalue weighted by Crippen LogP contribution is 2.53. The fourth-order valence-corrected chi connectivity index (χ4v) is 12.0. The van der Waals surface area contributed by atoms with Crippen molar-refractivity contribution in [2.75, 3.05) is 0 Å². The first-order valence-corrected chi connectivity index (χ1v) is 24.2. The first-order chi connectivity index (χ1) is 32.1. The van der Waals surface area contributed by atoms with Crippen LogP contribution in [0.3, 0.4) is 0 Å². The zero-order valence-corrected chi connectivity index (χ0v) is 40.4. The molecule has 3 aliphatic rings. The summed E-state index contributed by atoms with van der Waals surface area (Å²) in [5.41, 5.74) is 29.9. The van der Waals surface area contributed by atoms with Crippen molar-refractivity contribution in [2.24, 2.45) is 0 Å². The molecule has 0 saturated carbocycles. The quantitative estimate of drug-likeness (QED) is 0.162. The normalized spacial score (nSPS) is 15.3. The third kappa shape index (κ3) is 6.40. The molecule has 9 aromatic carbocycles. The van der Waals surface area contributed by atoms with Crippen LogP contribution in [-0.2, 0) is 21.7 Å². The summed E-state index contributed by atoms with van der Waals surface area (Å²) >= 11 is 0. The highest BCUT2D eigenvalue weighted by Gasteiger charge is 2.38. The maximum Gasteiger partial charge on any atom is 0.0159 e. The van der Waals surface area contributed by atoms with E-state index >= 15 is 0 Å². The molecule has 0 heterocycles. The largest absolute Gasteiger partial charge is 0.0622 e. The molecule has 0 unspecified atom stereocenters. The average molecular weight is 863 g/mol. The predicted octanol–water partition coefficient (Wildman–Crippen LogP) is 18.2. The van der Waals surface area contributed by atoms with Crippen LogP contribution in [0.1, 0.15) is 101 Å². The van der Waals surface area contributed by atoms with Gasteiger partial charge in [0.25, 0.3) is 0 Å². The highest BCUT2D eigenvalue weighted by molar-refractivity contribution is 5.91. The standard InChI is InChI=1S/C67H58/c1-64(2,3)51-26-30-57-56-29-25-44(39-62(56)67(8,9)63(57)40-51)48-33-47(43-24-28-55-53-20-14-16-22-59(53)66(6,7)61(55)38-43)35-50(36-48)49-32-45(41-17-11-10-12-18-41)31-46(34-49)42-23-27-54-52-19-13-15-21-58(52)65(4,5)60(54)37-42/h10-40H,1-9H3. The van der Waals surface area contributed by atoms with Crippen molar-refractivity contribution in [1.82, 2.24) is 0 Å². The van der Waals surface area contributed by atoms with Gasteiger partial charge >= 0.3 is 0 Å². The molecule has 67 heavy (non-hydrogen) atoms. The van der Waals surface area contributed by atoms with Crippen LogP contribution in [-0.4, -0.2) is 0 Å². The van der Waals surface area contributed by atoms with Gasteiger partial charge < -0.3 is 0 Å². The Hall–Kier alpha value is -7.02. The molecule has 0 aliphatic heterocycles. The molecule has 0 heteroatoms. The Labute approximate surface area is 398 Å². The van der Waals surface area contributed by atoms with E-state index in [0.29, 0.717) is 0 Å². The molecule has 0 radical (unpaired) electrons. The predicted molar refractivity (Wildman–Crippen MR) is 285 cm³/mol. The van der Waals surface area contributed by atoms with Gasteiger partial charge in [-0.15, -0.1) is 0 Å². The molecule has 0 N–H and O–H groups in total. The molecular weight excluding hydrogens is 805 g/mol. The van der Waals surface area contributed by atoms with Crippen molar-refractivity contribution in [3.05, 3.63) is 227 Å². The minimum absolute atomic E-state index is 0.0815. The van der Waals surface area contributed by atoms with Crippen LogP contribution in [0.25, 0.3) is 89.0 Å². The summed E-state index contributed by atoms with van der Waals surface area (Å²) in [6.45, 7) is 21.3. The molecule has 0 nitrogen and oxygen atoms in total. The van der Waals surface area contributed by atoms with Gasteiger partial charge in [0.2, 0.25) is 0 Å². The van der Waals surface area contributed by atoms with E-state index in [1.165, 1.54) is 128 Å². The number of hydrogen-bond donors (Lipinski definition) is 0. The molecular formula is C67H58. The van der Waals surface area contributed by atoms with E-state index < -0.39 is 0 Å². The second-order valence-corrected chi connectivity index (χ2v) is 22.2. The van der Waals surface area contributed by atoms with Gasteiger partial charge in [-0.2, -0.15) is 0 Å². The Morgan fingerprint density at radius 3 is 0.940 bits per heavy atom. The second-order valence-electron chi connectivity index (χ2n) is 22.2. The van der Waals surface area contributed by atoms with E-state index in [1.807, 2.05) is 0 Å². The number of hydrogen-bond acceptors (Lipinski definition) is 0. The van der Waals surface area contributed by atoms with Crippen molar-refractivity contribution in [3.8, 4) is 89.0 Å². The smallest absolute Gasteiger partial charge is 0.0159 e. The zero-order valence-electron chi connectivity index (χ0n) is 40.4. The summed E-state index contributed by atoms with van der Waals surface area (Å²) in [7, 11) is 0. The summed E-state index contributed by atoms with van der Waals surface area (Å²) in [5, 5.41) is 0. The summed E-state index contributed by atoms with van der Waals surface area (Å²) in [6.07, 6.45) is 0. The molecule has 3 aliphatic carbocycles. The third-order valence-electron chi connectivity index (χ3n) is 16.0. The van der Waals surface area contributed by atoms with Crippen molar-refractivity contribution < 1.29 is 0 Å².